The summed E-state index contributed by atoms with van der Waals surface area (Å²) >= 11 is 0. The number of aliphatic hydroxyl groups is 1. The van der Waals surface area contributed by atoms with E-state index in [1.165, 1.54) is 17.8 Å². The highest BCUT2D eigenvalue weighted by Crippen LogP contribution is 2.41. The molecular weight excluding hydrogens is 609 g/mol. The van der Waals surface area contributed by atoms with Crippen molar-refractivity contribution in [2.45, 2.75) is 103 Å². The van der Waals surface area contributed by atoms with Gasteiger partial charge in [-0.3, -0.25) is 14.4 Å². The second-order valence-corrected chi connectivity index (χ2v) is 12.6. The third-order valence-electron chi connectivity index (χ3n) is 8.29. The van der Waals surface area contributed by atoms with Crippen LogP contribution < -0.4 is 10.1 Å². The zero-order valence-corrected chi connectivity index (χ0v) is 27.7. The molecule has 3 heterocycles. The van der Waals surface area contributed by atoms with Gasteiger partial charge in [-0.1, -0.05) is 52.0 Å². The molecule has 1 aliphatic heterocycles. The minimum absolute atomic E-state index is 0.0147. The number of ether oxygens (including phenoxy) is 3. The summed E-state index contributed by atoms with van der Waals surface area (Å²) in [7, 11) is 0. The fourth-order valence-corrected chi connectivity index (χ4v) is 6.21. The summed E-state index contributed by atoms with van der Waals surface area (Å²) in [4.78, 5) is 50.1. The van der Waals surface area contributed by atoms with E-state index < -0.39 is 47.8 Å². The number of fused-ring (bicyclic) bond motifs is 1. The van der Waals surface area contributed by atoms with Crippen LogP contribution in [0.3, 0.4) is 0 Å². The van der Waals surface area contributed by atoms with Crippen molar-refractivity contribution in [1.29, 1.82) is 0 Å². The number of benzene rings is 1. The Bertz CT molecular complexity index is 1700. The highest BCUT2D eigenvalue weighted by atomic mass is 19.1. The average Bonchev–Trinajstić information content (AvgIpc) is 3.55. The number of hydrogen-bond donors (Lipinski definition) is 2. The second kappa shape index (κ2) is 14.6. The number of hydrogen-bond acceptors (Lipinski definition) is 10. The Hall–Kier alpha value is -4.41. The second-order valence-electron chi connectivity index (χ2n) is 12.6. The highest BCUT2D eigenvalue weighted by Gasteiger charge is 2.53. The van der Waals surface area contributed by atoms with E-state index >= 15 is 0 Å². The number of anilines is 1. The van der Waals surface area contributed by atoms with Gasteiger partial charge in [-0.05, 0) is 37.5 Å². The lowest BCUT2D eigenvalue weighted by molar-refractivity contribution is -0.159. The molecule has 1 aromatic carbocycles. The molecular formula is C34H42FN5O7. The molecule has 2 N–H and O–H groups in total. The van der Waals surface area contributed by atoms with Crippen molar-refractivity contribution >= 4 is 34.8 Å². The topological polar surface area (TPSA) is 155 Å². The number of aromatic nitrogens is 4. The number of unbranched alkanes of at least 4 members (excludes halogenated alkanes) is 3. The van der Waals surface area contributed by atoms with Crippen molar-refractivity contribution in [2.75, 3.05) is 18.5 Å². The van der Waals surface area contributed by atoms with Crippen LogP contribution in [0.1, 0.15) is 89.0 Å². The number of carbonyl (C=O) groups excluding carboxylic acids is 3. The number of esters is 2. The van der Waals surface area contributed by atoms with Gasteiger partial charge in [0.25, 0.3) is 0 Å². The number of aliphatic hydroxyl groups excluding tert-OH is 1. The van der Waals surface area contributed by atoms with Gasteiger partial charge in [0.1, 0.15) is 11.8 Å². The molecule has 0 radical (unpaired) electrons. The maximum atomic E-state index is 14.7. The van der Waals surface area contributed by atoms with Crippen molar-refractivity contribution < 1.29 is 38.1 Å². The third kappa shape index (κ3) is 7.77. The zero-order valence-electron chi connectivity index (χ0n) is 27.7. The number of carbonyl (C=O) groups is 3. The standard InChI is InChI=1S/C34H42FN5O7/c1-8-10-11-12-13-25(43)37-30-28-31(39-32(35)38-30)40(19-36-28)23-17-45-34(9-2,18-41)29(23)47-26(44)16-33(6,7)27-21(4)14-20(3)15-24(27)46-22(5)42/h2,14-15,19,23,29,41H,8,10-13,16-18H2,1,3-7H3,(H,37,38,39,43)/t23?,29-,34+/m0/s1. The van der Waals surface area contributed by atoms with Crippen molar-refractivity contribution in [1.82, 2.24) is 19.5 Å². The Labute approximate surface area is 273 Å². The van der Waals surface area contributed by atoms with E-state index in [2.05, 4.69) is 33.1 Å². The van der Waals surface area contributed by atoms with Gasteiger partial charge in [0, 0.05) is 24.3 Å². The predicted octanol–water partition coefficient (Wildman–Crippen LogP) is 4.63. The molecule has 2 aromatic heterocycles. The van der Waals surface area contributed by atoms with Crippen molar-refractivity contribution in [2.24, 2.45) is 0 Å². The number of halogens is 1. The van der Waals surface area contributed by atoms with Crippen LogP contribution in [0.2, 0.25) is 0 Å². The maximum Gasteiger partial charge on any atom is 0.312 e. The monoisotopic (exact) mass is 651 g/mol. The van der Waals surface area contributed by atoms with Crippen LogP contribution in [0.5, 0.6) is 5.75 Å². The molecule has 1 fully saturated rings. The summed E-state index contributed by atoms with van der Waals surface area (Å²) in [5.74, 6) is 1.19. The molecule has 0 aliphatic carbocycles. The molecule has 3 atom stereocenters. The minimum atomic E-state index is -1.72. The molecule has 252 valence electrons. The highest BCUT2D eigenvalue weighted by molar-refractivity contribution is 5.96. The lowest BCUT2D eigenvalue weighted by Gasteiger charge is -2.32. The van der Waals surface area contributed by atoms with Crippen LogP contribution in [0.4, 0.5) is 10.2 Å². The number of amides is 1. The molecule has 12 nitrogen and oxygen atoms in total. The van der Waals surface area contributed by atoms with Gasteiger partial charge in [0.05, 0.1) is 26.0 Å². The quantitative estimate of drug-likeness (QED) is 0.0879. The molecule has 3 aromatic rings. The zero-order chi connectivity index (χ0) is 34.5. The number of rotatable bonds is 13. The minimum Gasteiger partial charge on any atom is -0.456 e. The third-order valence-corrected chi connectivity index (χ3v) is 8.29. The molecule has 13 heteroatoms. The maximum absolute atomic E-state index is 14.7. The van der Waals surface area contributed by atoms with Crippen molar-refractivity contribution in [3.05, 3.63) is 41.2 Å². The summed E-state index contributed by atoms with van der Waals surface area (Å²) in [6.45, 7) is 9.96. The molecule has 0 spiro atoms. The number of aryl methyl sites for hydroxylation is 2. The molecule has 0 saturated carbocycles. The van der Waals surface area contributed by atoms with E-state index in [4.69, 9.17) is 20.6 Å². The van der Waals surface area contributed by atoms with Crippen LogP contribution in [0.15, 0.2) is 18.5 Å². The Morgan fingerprint density at radius 2 is 1.98 bits per heavy atom. The van der Waals surface area contributed by atoms with Crippen LogP contribution >= 0.6 is 0 Å². The Morgan fingerprint density at radius 1 is 1.23 bits per heavy atom. The van der Waals surface area contributed by atoms with Gasteiger partial charge in [-0.15, -0.1) is 6.42 Å². The van der Waals surface area contributed by atoms with Crippen LogP contribution in [0.25, 0.3) is 11.2 Å². The summed E-state index contributed by atoms with van der Waals surface area (Å²) in [6, 6.07) is 2.79. The Balaban J connectivity index is 1.64. The first-order valence-corrected chi connectivity index (χ1v) is 15.7. The average molecular weight is 652 g/mol. The fraction of sp³-hybridized carbons (Fsp3) is 0.529. The van der Waals surface area contributed by atoms with E-state index in [1.807, 2.05) is 33.8 Å². The van der Waals surface area contributed by atoms with Crippen LogP contribution in [0, 0.1) is 32.3 Å². The van der Waals surface area contributed by atoms with Crippen LogP contribution in [-0.4, -0.2) is 67.4 Å². The summed E-state index contributed by atoms with van der Waals surface area (Å²) in [6.07, 6.45) is 8.52. The van der Waals surface area contributed by atoms with Gasteiger partial charge in [-0.25, -0.2) is 4.98 Å². The first kappa shape index (κ1) is 35.4. The van der Waals surface area contributed by atoms with E-state index in [9.17, 15) is 23.9 Å². The summed E-state index contributed by atoms with van der Waals surface area (Å²) < 4.78 is 33.5. The normalized spacial score (nSPS) is 19.4. The number of nitrogens with zero attached hydrogens (tertiary/aromatic N) is 4. The van der Waals surface area contributed by atoms with Gasteiger partial charge < -0.3 is 29.2 Å². The van der Waals surface area contributed by atoms with E-state index in [-0.39, 0.29) is 42.3 Å². The Morgan fingerprint density at radius 3 is 2.64 bits per heavy atom. The molecule has 1 aliphatic rings. The van der Waals surface area contributed by atoms with E-state index in [1.54, 1.807) is 6.07 Å². The fourth-order valence-electron chi connectivity index (χ4n) is 6.21. The lowest BCUT2D eigenvalue weighted by Crippen LogP contribution is -2.47. The lowest BCUT2D eigenvalue weighted by atomic mass is 9.78. The molecule has 0 bridgehead atoms. The van der Waals surface area contributed by atoms with Crippen molar-refractivity contribution in [3.63, 3.8) is 0 Å². The predicted molar refractivity (Wildman–Crippen MR) is 171 cm³/mol. The van der Waals surface area contributed by atoms with Gasteiger partial charge >= 0.3 is 18.0 Å². The summed E-state index contributed by atoms with van der Waals surface area (Å²) in [5.41, 5.74) is -0.0805. The summed E-state index contributed by atoms with van der Waals surface area (Å²) in [5, 5.41) is 13.0. The van der Waals surface area contributed by atoms with E-state index in [0.717, 1.165) is 30.4 Å². The molecule has 47 heavy (non-hydrogen) atoms. The molecule has 1 saturated heterocycles. The molecule has 4 rings (SSSR count). The smallest absolute Gasteiger partial charge is 0.312 e. The molecule has 1 unspecified atom stereocenters. The van der Waals surface area contributed by atoms with Gasteiger partial charge in [0.2, 0.25) is 5.91 Å². The van der Waals surface area contributed by atoms with Gasteiger partial charge in [-0.2, -0.15) is 14.4 Å². The Kier molecular flexibility index (Phi) is 11.0. The van der Waals surface area contributed by atoms with Gasteiger partial charge in [0.15, 0.2) is 28.7 Å². The largest absolute Gasteiger partial charge is 0.456 e. The SMILES string of the molecule is C#C[C@]1(CO)OCC(n2cnc3c(NC(=O)CCCCCC)nc(F)nc32)[C@@H]1OC(=O)CC(C)(C)c1c(C)cc(C)cc1OC(C)=O. The van der Waals surface area contributed by atoms with E-state index in [0.29, 0.717) is 17.7 Å². The van der Waals surface area contributed by atoms with Crippen LogP contribution in [-0.2, 0) is 29.3 Å². The first-order chi connectivity index (χ1) is 22.2. The number of nitrogens with one attached hydrogen (secondary N) is 1. The number of imidazole rings is 1. The number of terminal acetylenes is 1. The first-order valence-electron chi connectivity index (χ1n) is 15.7. The van der Waals surface area contributed by atoms with Crippen molar-refractivity contribution in [3.8, 4) is 18.1 Å². The molecule has 1 amide bonds.